The van der Waals surface area contributed by atoms with E-state index in [1.165, 1.54) is 32.4 Å². The first-order chi connectivity index (χ1) is 10.3. The van der Waals surface area contributed by atoms with Gasteiger partial charge in [-0.2, -0.15) is 4.98 Å². The predicted molar refractivity (Wildman–Crippen MR) is 82.6 cm³/mol. The normalized spacial score (nSPS) is 16.2. The molecule has 1 aromatic heterocycles. The molecule has 0 spiro atoms. The summed E-state index contributed by atoms with van der Waals surface area (Å²) in [5.41, 5.74) is 1.14. The lowest BCUT2D eigenvalue weighted by molar-refractivity contribution is 0.223. The molecule has 1 aliphatic rings. The van der Waals surface area contributed by atoms with E-state index >= 15 is 0 Å². The SMILES string of the molecule is Clc1ccc(Cc2noc(CCN3CCCCC3)n2)cc1. The van der Waals surface area contributed by atoms with E-state index < -0.39 is 0 Å². The summed E-state index contributed by atoms with van der Waals surface area (Å²) in [6.45, 7) is 3.42. The van der Waals surface area contributed by atoms with Crippen molar-refractivity contribution in [2.24, 2.45) is 0 Å². The first kappa shape index (κ1) is 14.5. The summed E-state index contributed by atoms with van der Waals surface area (Å²) < 4.78 is 5.34. The van der Waals surface area contributed by atoms with E-state index in [2.05, 4.69) is 15.0 Å². The Morgan fingerprint density at radius 3 is 2.62 bits per heavy atom. The fourth-order valence-corrected chi connectivity index (χ4v) is 2.81. The van der Waals surface area contributed by atoms with E-state index in [9.17, 15) is 0 Å². The van der Waals surface area contributed by atoms with Crippen molar-refractivity contribution in [1.29, 1.82) is 0 Å². The van der Waals surface area contributed by atoms with Crippen molar-refractivity contribution in [3.8, 4) is 0 Å². The molecule has 4 nitrogen and oxygen atoms in total. The Morgan fingerprint density at radius 2 is 1.86 bits per heavy atom. The van der Waals surface area contributed by atoms with Gasteiger partial charge in [-0.25, -0.2) is 0 Å². The van der Waals surface area contributed by atoms with Gasteiger partial charge in [-0.05, 0) is 43.6 Å². The molecule has 1 aliphatic heterocycles. The lowest BCUT2D eigenvalue weighted by Gasteiger charge is -2.25. The van der Waals surface area contributed by atoms with E-state index in [0.717, 1.165) is 35.3 Å². The van der Waals surface area contributed by atoms with E-state index in [1.807, 2.05) is 24.3 Å². The molecular weight excluding hydrogens is 286 g/mol. The molecule has 1 aromatic carbocycles. The molecule has 0 aliphatic carbocycles. The highest BCUT2D eigenvalue weighted by Crippen LogP contribution is 2.13. The zero-order chi connectivity index (χ0) is 14.5. The Hall–Kier alpha value is -1.39. The summed E-state index contributed by atoms with van der Waals surface area (Å²) in [6, 6.07) is 7.75. The van der Waals surface area contributed by atoms with Gasteiger partial charge in [0.05, 0.1) is 0 Å². The van der Waals surface area contributed by atoms with Crippen LogP contribution in [0.25, 0.3) is 0 Å². The molecule has 1 fully saturated rings. The maximum Gasteiger partial charge on any atom is 0.227 e. The quantitative estimate of drug-likeness (QED) is 0.849. The molecule has 112 valence electrons. The number of aromatic nitrogens is 2. The summed E-state index contributed by atoms with van der Waals surface area (Å²) in [5, 5.41) is 4.80. The van der Waals surface area contributed by atoms with Crippen molar-refractivity contribution in [2.75, 3.05) is 19.6 Å². The molecule has 21 heavy (non-hydrogen) atoms. The van der Waals surface area contributed by atoms with Gasteiger partial charge in [-0.15, -0.1) is 0 Å². The molecule has 2 aromatic rings. The highest BCUT2D eigenvalue weighted by atomic mass is 35.5. The Morgan fingerprint density at radius 1 is 1.10 bits per heavy atom. The van der Waals surface area contributed by atoms with Crippen LogP contribution in [0.3, 0.4) is 0 Å². The standard InChI is InChI=1S/C16H20ClN3O/c17-14-6-4-13(5-7-14)12-15-18-16(21-19-15)8-11-20-9-2-1-3-10-20/h4-7H,1-3,8-12H2. The predicted octanol–water partition coefficient (Wildman–Crippen LogP) is 3.34. The first-order valence-corrected chi connectivity index (χ1v) is 7.96. The molecule has 1 saturated heterocycles. The van der Waals surface area contributed by atoms with Gasteiger partial charge < -0.3 is 9.42 Å². The summed E-state index contributed by atoms with van der Waals surface area (Å²) >= 11 is 5.88. The van der Waals surface area contributed by atoms with Crippen LogP contribution in [0.2, 0.25) is 5.02 Å². The van der Waals surface area contributed by atoms with Crippen LogP contribution in [-0.2, 0) is 12.8 Å². The number of halogens is 1. The number of benzene rings is 1. The minimum absolute atomic E-state index is 0.685. The Bertz CT molecular complexity index is 561. The molecule has 2 heterocycles. The van der Waals surface area contributed by atoms with E-state index in [1.54, 1.807) is 0 Å². The van der Waals surface area contributed by atoms with Crippen LogP contribution in [0.1, 0.15) is 36.5 Å². The first-order valence-electron chi connectivity index (χ1n) is 7.58. The van der Waals surface area contributed by atoms with Gasteiger partial charge >= 0.3 is 0 Å². The highest BCUT2D eigenvalue weighted by Gasteiger charge is 2.12. The van der Waals surface area contributed by atoms with E-state index in [0.29, 0.717) is 6.42 Å². The van der Waals surface area contributed by atoms with Gasteiger partial charge in [0, 0.05) is 24.4 Å². The average Bonchev–Trinajstić information content (AvgIpc) is 2.96. The van der Waals surface area contributed by atoms with Crippen LogP contribution >= 0.6 is 11.6 Å². The second-order valence-electron chi connectivity index (χ2n) is 5.56. The third-order valence-electron chi connectivity index (χ3n) is 3.88. The fraction of sp³-hybridized carbons (Fsp3) is 0.500. The number of hydrogen-bond acceptors (Lipinski definition) is 4. The Labute approximate surface area is 130 Å². The van der Waals surface area contributed by atoms with Gasteiger partial charge in [0.15, 0.2) is 5.82 Å². The Balaban J connectivity index is 1.52. The molecule has 0 atom stereocenters. The molecule has 5 heteroatoms. The lowest BCUT2D eigenvalue weighted by Crippen LogP contribution is -2.31. The van der Waals surface area contributed by atoms with Crippen LogP contribution < -0.4 is 0 Å². The van der Waals surface area contributed by atoms with Crippen molar-refractivity contribution < 1.29 is 4.52 Å². The smallest absolute Gasteiger partial charge is 0.227 e. The van der Waals surface area contributed by atoms with Gasteiger partial charge in [0.2, 0.25) is 5.89 Å². The maximum absolute atomic E-state index is 5.88. The van der Waals surface area contributed by atoms with Gasteiger partial charge in [0.25, 0.3) is 0 Å². The average molecular weight is 306 g/mol. The fourth-order valence-electron chi connectivity index (χ4n) is 2.69. The third-order valence-corrected chi connectivity index (χ3v) is 4.13. The number of piperidine rings is 1. The number of rotatable bonds is 5. The van der Waals surface area contributed by atoms with Crippen LogP contribution in [-0.4, -0.2) is 34.7 Å². The van der Waals surface area contributed by atoms with Crippen molar-refractivity contribution in [1.82, 2.24) is 15.0 Å². The number of hydrogen-bond donors (Lipinski definition) is 0. The summed E-state index contributed by atoms with van der Waals surface area (Å²) in [6.07, 6.45) is 5.51. The molecule has 0 bridgehead atoms. The second-order valence-corrected chi connectivity index (χ2v) is 6.00. The van der Waals surface area contributed by atoms with Crippen LogP contribution in [0, 0.1) is 0 Å². The van der Waals surface area contributed by atoms with E-state index in [4.69, 9.17) is 16.1 Å². The second kappa shape index (κ2) is 7.05. The summed E-state index contributed by atoms with van der Waals surface area (Å²) in [5.74, 6) is 1.48. The number of likely N-dealkylation sites (tertiary alicyclic amines) is 1. The van der Waals surface area contributed by atoms with Gasteiger partial charge in [0.1, 0.15) is 0 Å². The van der Waals surface area contributed by atoms with Gasteiger partial charge in [-0.3, -0.25) is 0 Å². The van der Waals surface area contributed by atoms with Crippen molar-refractivity contribution >= 4 is 11.6 Å². The van der Waals surface area contributed by atoms with Crippen LogP contribution in [0.4, 0.5) is 0 Å². The van der Waals surface area contributed by atoms with Gasteiger partial charge in [-0.1, -0.05) is 35.3 Å². The van der Waals surface area contributed by atoms with Crippen molar-refractivity contribution in [3.63, 3.8) is 0 Å². The molecule has 0 N–H and O–H groups in total. The van der Waals surface area contributed by atoms with Crippen molar-refractivity contribution in [3.05, 3.63) is 46.6 Å². The zero-order valence-electron chi connectivity index (χ0n) is 12.1. The molecule has 0 amide bonds. The third kappa shape index (κ3) is 4.29. The Kier molecular flexibility index (Phi) is 4.88. The minimum Gasteiger partial charge on any atom is -0.339 e. The molecule has 0 unspecified atom stereocenters. The summed E-state index contributed by atoms with van der Waals surface area (Å²) in [4.78, 5) is 6.95. The topological polar surface area (TPSA) is 42.2 Å². The lowest BCUT2D eigenvalue weighted by atomic mass is 10.1. The molecule has 3 rings (SSSR count). The van der Waals surface area contributed by atoms with E-state index in [-0.39, 0.29) is 0 Å². The van der Waals surface area contributed by atoms with Crippen LogP contribution in [0.15, 0.2) is 28.8 Å². The highest BCUT2D eigenvalue weighted by molar-refractivity contribution is 6.30. The molecular formula is C16H20ClN3O. The number of nitrogens with zero attached hydrogens (tertiary/aromatic N) is 3. The van der Waals surface area contributed by atoms with Crippen molar-refractivity contribution in [2.45, 2.75) is 32.1 Å². The monoisotopic (exact) mass is 305 g/mol. The summed E-state index contributed by atoms with van der Waals surface area (Å²) in [7, 11) is 0. The van der Waals surface area contributed by atoms with Crippen LogP contribution in [0.5, 0.6) is 0 Å². The largest absolute Gasteiger partial charge is 0.339 e. The molecule has 0 radical (unpaired) electrons. The minimum atomic E-state index is 0.685. The zero-order valence-corrected chi connectivity index (χ0v) is 12.9. The maximum atomic E-state index is 5.88. The molecule has 0 saturated carbocycles.